The Morgan fingerprint density at radius 3 is 3.00 bits per heavy atom. The number of aromatic amines is 1. The summed E-state index contributed by atoms with van der Waals surface area (Å²) in [6.07, 6.45) is 7.48. The van der Waals surface area contributed by atoms with E-state index in [0.29, 0.717) is 0 Å². The minimum atomic E-state index is 1.08. The highest BCUT2D eigenvalue weighted by molar-refractivity contribution is 5.88. The van der Waals surface area contributed by atoms with Gasteiger partial charge in [-0.05, 0) is 18.1 Å². The molecule has 66 valence electrons. The van der Waals surface area contributed by atoms with E-state index in [2.05, 4.69) is 48.5 Å². The molecule has 0 atom stereocenters. The maximum Gasteiger partial charge on any atom is 0.0460 e. The smallest absolute Gasteiger partial charge is 0.0460 e. The van der Waals surface area contributed by atoms with E-state index in [1.807, 2.05) is 6.07 Å². The van der Waals surface area contributed by atoms with E-state index >= 15 is 0 Å². The molecule has 2 rings (SSSR count). The Kier molecular flexibility index (Phi) is 2.17. The topological polar surface area (TPSA) is 15.8 Å². The zero-order chi connectivity index (χ0) is 9.10. The largest absolute Gasteiger partial charge is 0.361 e. The summed E-state index contributed by atoms with van der Waals surface area (Å²) in [4.78, 5) is 3.25. The van der Waals surface area contributed by atoms with Crippen LogP contribution >= 0.6 is 0 Å². The molecule has 0 spiro atoms. The summed E-state index contributed by atoms with van der Waals surface area (Å²) in [5, 5.41) is 1.30. The van der Waals surface area contributed by atoms with E-state index in [9.17, 15) is 0 Å². The number of fused-ring (bicyclic) bond motifs is 1. The van der Waals surface area contributed by atoms with E-state index in [-0.39, 0.29) is 0 Å². The van der Waals surface area contributed by atoms with E-state index in [0.717, 1.165) is 6.42 Å². The lowest BCUT2D eigenvalue weighted by Crippen LogP contribution is -1.67. The van der Waals surface area contributed by atoms with Crippen LogP contribution in [0, 0.1) is 0 Å². The number of H-pyrrole nitrogens is 1. The van der Waals surface area contributed by atoms with Crippen molar-refractivity contribution in [3.63, 3.8) is 0 Å². The average Bonchev–Trinajstić information content (AvgIpc) is 2.58. The summed E-state index contributed by atoms with van der Waals surface area (Å²) in [6, 6.07) is 8.35. The molecule has 1 N–H and O–H groups in total. The van der Waals surface area contributed by atoms with Gasteiger partial charge >= 0.3 is 0 Å². The highest BCUT2D eigenvalue weighted by Crippen LogP contribution is 2.18. The van der Waals surface area contributed by atoms with Crippen molar-refractivity contribution in [1.82, 2.24) is 4.98 Å². The van der Waals surface area contributed by atoms with Gasteiger partial charge in [0.2, 0.25) is 0 Å². The number of allylic oxidation sites excluding steroid dienone is 1. The lowest BCUT2D eigenvalue weighted by molar-refractivity contribution is 1.23. The lowest BCUT2D eigenvalue weighted by Gasteiger charge is -1.89. The van der Waals surface area contributed by atoms with Crippen molar-refractivity contribution in [3.8, 4) is 0 Å². The quantitative estimate of drug-likeness (QED) is 0.710. The molecule has 0 aliphatic carbocycles. The first-order valence-electron chi connectivity index (χ1n) is 4.64. The maximum absolute atomic E-state index is 3.25. The number of aromatic nitrogens is 1. The van der Waals surface area contributed by atoms with Gasteiger partial charge in [0.1, 0.15) is 0 Å². The molecule has 1 aromatic carbocycles. The molecule has 0 saturated carbocycles. The Morgan fingerprint density at radius 1 is 1.31 bits per heavy atom. The third-order valence-corrected chi connectivity index (χ3v) is 2.15. The Bertz CT molecular complexity index is 423. The van der Waals surface area contributed by atoms with Crippen molar-refractivity contribution in [2.24, 2.45) is 0 Å². The Hall–Kier alpha value is -1.50. The van der Waals surface area contributed by atoms with Gasteiger partial charge in [0.25, 0.3) is 0 Å². The first kappa shape index (κ1) is 8.11. The summed E-state index contributed by atoms with van der Waals surface area (Å²) in [7, 11) is 0. The number of rotatable bonds is 2. The van der Waals surface area contributed by atoms with Gasteiger partial charge in [-0.3, -0.25) is 0 Å². The number of hydrogen-bond acceptors (Lipinski definition) is 0. The second-order valence-corrected chi connectivity index (χ2v) is 3.10. The van der Waals surface area contributed by atoms with Crippen molar-refractivity contribution < 1.29 is 0 Å². The highest BCUT2D eigenvalue weighted by atomic mass is 14.7. The Labute approximate surface area is 78.1 Å². The lowest BCUT2D eigenvalue weighted by atomic mass is 10.1. The molecule has 0 bridgehead atoms. The van der Waals surface area contributed by atoms with Gasteiger partial charge in [-0.2, -0.15) is 0 Å². The van der Waals surface area contributed by atoms with Gasteiger partial charge in [0.05, 0.1) is 0 Å². The molecular formula is C12H13N. The number of nitrogens with one attached hydrogen (secondary N) is 1. The molecule has 1 nitrogen and oxygen atoms in total. The first-order chi connectivity index (χ1) is 6.42. The zero-order valence-electron chi connectivity index (χ0n) is 7.75. The first-order valence-corrected chi connectivity index (χ1v) is 4.64. The predicted octanol–water partition coefficient (Wildman–Crippen LogP) is 3.59. The Balaban J connectivity index is 2.52. The zero-order valence-corrected chi connectivity index (χ0v) is 7.75. The summed E-state index contributed by atoms with van der Waals surface area (Å²) in [5.41, 5.74) is 2.48. The van der Waals surface area contributed by atoms with Crippen LogP contribution in [-0.2, 0) is 0 Å². The second kappa shape index (κ2) is 3.48. The van der Waals surface area contributed by atoms with Gasteiger partial charge in [-0.1, -0.05) is 37.3 Å². The minimum absolute atomic E-state index is 1.08. The molecule has 0 amide bonds. The fourth-order valence-electron chi connectivity index (χ4n) is 1.48. The van der Waals surface area contributed by atoms with Gasteiger partial charge in [0, 0.05) is 17.1 Å². The standard InChI is InChI=1S/C12H13N/c1-2-3-6-10-9-13-12-8-5-4-7-11(10)12/h3-9,13H,2H2,1H3. The van der Waals surface area contributed by atoms with Crippen molar-refractivity contribution in [3.05, 3.63) is 42.1 Å². The van der Waals surface area contributed by atoms with E-state index in [1.165, 1.54) is 16.5 Å². The molecule has 1 heterocycles. The van der Waals surface area contributed by atoms with Crippen LogP contribution in [0.25, 0.3) is 17.0 Å². The van der Waals surface area contributed by atoms with Crippen molar-refractivity contribution in [1.29, 1.82) is 0 Å². The number of para-hydroxylation sites is 1. The van der Waals surface area contributed by atoms with Crippen molar-refractivity contribution >= 4 is 17.0 Å². The fraction of sp³-hybridized carbons (Fsp3) is 0.167. The molecule has 2 aromatic rings. The van der Waals surface area contributed by atoms with Crippen LogP contribution in [0.4, 0.5) is 0 Å². The second-order valence-electron chi connectivity index (χ2n) is 3.10. The van der Waals surface area contributed by atoms with Gasteiger partial charge in [-0.25, -0.2) is 0 Å². The summed E-state index contributed by atoms with van der Waals surface area (Å²) < 4.78 is 0. The molecule has 0 aliphatic rings. The van der Waals surface area contributed by atoms with Gasteiger partial charge in [-0.15, -0.1) is 0 Å². The fourth-order valence-corrected chi connectivity index (χ4v) is 1.48. The van der Waals surface area contributed by atoms with Crippen LogP contribution < -0.4 is 0 Å². The third-order valence-electron chi connectivity index (χ3n) is 2.15. The normalized spacial score (nSPS) is 11.5. The minimum Gasteiger partial charge on any atom is -0.361 e. The third kappa shape index (κ3) is 1.50. The molecule has 0 fully saturated rings. The maximum atomic E-state index is 3.25. The molecule has 1 aromatic heterocycles. The van der Waals surface area contributed by atoms with Crippen molar-refractivity contribution in [2.45, 2.75) is 13.3 Å². The molecule has 0 aliphatic heterocycles. The van der Waals surface area contributed by atoms with E-state index < -0.39 is 0 Å². The van der Waals surface area contributed by atoms with Gasteiger partial charge in [0.15, 0.2) is 0 Å². The highest BCUT2D eigenvalue weighted by Gasteiger charge is 1.97. The van der Waals surface area contributed by atoms with Crippen LogP contribution in [0.5, 0.6) is 0 Å². The number of benzene rings is 1. The molecule has 0 radical (unpaired) electrons. The van der Waals surface area contributed by atoms with Crippen LogP contribution in [-0.4, -0.2) is 4.98 Å². The molecule has 0 unspecified atom stereocenters. The summed E-state index contributed by atoms with van der Waals surface area (Å²) >= 11 is 0. The summed E-state index contributed by atoms with van der Waals surface area (Å²) in [5.74, 6) is 0. The van der Waals surface area contributed by atoms with Crippen LogP contribution in [0.15, 0.2) is 36.5 Å². The predicted molar refractivity (Wildman–Crippen MR) is 57.6 cm³/mol. The Morgan fingerprint density at radius 2 is 2.15 bits per heavy atom. The molecular weight excluding hydrogens is 158 g/mol. The van der Waals surface area contributed by atoms with Crippen LogP contribution in [0.3, 0.4) is 0 Å². The summed E-state index contributed by atoms with van der Waals surface area (Å²) in [6.45, 7) is 2.14. The molecule has 0 saturated heterocycles. The SMILES string of the molecule is CCC=Cc1c[nH]c2ccccc12. The van der Waals surface area contributed by atoms with E-state index in [1.54, 1.807) is 0 Å². The molecule has 1 heteroatoms. The molecule has 13 heavy (non-hydrogen) atoms. The van der Waals surface area contributed by atoms with Gasteiger partial charge < -0.3 is 4.98 Å². The monoisotopic (exact) mass is 171 g/mol. The van der Waals surface area contributed by atoms with Crippen LogP contribution in [0.1, 0.15) is 18.9 Å². The average molecular weight is 171 g/mol. The van der Waals surface area contributed by atoms with Crippen molar-refractivity contribution in [2.75, 3.05) is 0 Å². The van der Waals surface area contributed by atoms with E-state index in [4.69, 9.17) is 0 Å². The number of hydrogen-bond donors (Lipinski definition) is 1. The van der Waals surface area contributed by atoms with Crippen LogP contribution in [0.2, 0.25) is 0 Å².